The van der Waals surface area contributed by atoms with Crippen molar-refractivity contribution in [3.05, 3.63) is 52.7 Å². The fraction of sp³-hybridized carbons (Fsp3) is 0.250. The van der Waals surface area contributed by atoms with Crippen molar-refractivity contribution >= 4 is 34.1 Å². The monoisotopic (exact) mass is 454 g/mol. The van der Waals surface area contributed by atoms with Crippen LogP contribution in [0.25, 0.3) is 17.2 Å². The van der Waals surface area contributed by atoms with Gasteiger partial charge in [0.15, 0.2) is 5.13 Å². The normalized spacial score (nSPS) is 11.1. The Bertz CT molecular complexity index is 1210. The number of nitrogen functional groups attached to an aromatic ring is 1. The Labute approximate surface area is 187 Å². The quantitative estimate of drug-likeness (QED) is 0.325. The van der Waals surface area contributed by atoms with E-state index in [1.165, 1.54) is 33.3 Å². The zero-order chi connectivity index (χ0) is 22.0. The first kappa shape index (κ1) is 21.1. The van der Waals surface area contributed by atoms with Gasteiger partial charge in [-0.2, -0.15) is 5.10 Å². The molecule has 4 aromatic rings. The number of nitrogens with one attached hydrogen (secondary N) is 1. The summed E-state index contributed by atoms with van der Waals surface area (Å²) in [7, 11) is 0. The van der Waals surface area contributed by atoms with Crippen molar-refractivity contribution in [3.63, 3.8) is 0 Å². The Hall–Kier alpha value is -3.18. The van der Waals surface area contributed by atoms with Gasteiger partial charge in [-0.1, -0.05) is 43.0 Å². The summed E-state index contributed by atoms with van der Waals surface area (Å²) in [6.07, 6.45) is 0.996. The standard InChI is InChI=1S/C20H22N8OS2/c1-4-14-5-7-15(8-6-14)16-10-30-18(22-16)23-17(29)11-31-20-25-24-19(27(20)21)28-13(3)9-12(2)26-28/h5-10H,4,11,21H2,1-3H3,(H,22,23,29). The molecule has 0 aliphatic heterocycles. The molecule has 0 aliphatic rings. The molecule has 0 atom stereocenters. The number of rotatable bonds is 7. The van der Waals surface area contributed by atoms with Gasteiger partial charge in [-0.15, -0.1) is 21.5 Å². The Morgan fingerprint density at radius 1 is 1.23 bits per heavy atom. The second-order valence-electron chi connectivity index (χ2n) is 6.92. The number of nitrogens with two attached hydrogens (primary N) is 1. The predicted molar refractivity (Wildman–Crippen MR) is 123 cm³/mol. The van der Waals surface area contributed by atoms with E-state index in [1.54, 1.807) is 4.68 Å². The molecule has 3 N–H and O–H groups in total. The first-order valence-corrected chi connectivity index (χ1v) is 11.5. The maximum absolute atomic E-state index is 12.4. The highest BCUT2D eigenvalue weighted by Crippen LogP contribution is 2.26. The average Bonchev–Trinajstić information content (AvgIpc) is 3.45. The molecule has 0 bridgehead atoms. The molecule has 9 nitrogen and oxygen atoms in total. The first-order chi connectivity index (χ1) is 14.9. The summed E-state index contributed by atoms with van der Waals surface area (Å²) < 4.78 is 2.95. The summed E-state index contributed by atoms with van der Waals surface area (Å²) in [4.78, 5) is 16.9. The van der Waals surface area contributed by atoms with Gasteiger partial charge in [0.2, 0.25) is 11.1 Å². The molecule has 0 radical (unpaired) electrons. The fourth-order valence-electron chi connectivity index (χ4n) is 3.00. The van der Waals surface area contributed by atoms with Crippen LogP contribution in [0.2, 0.25) is 0 Å². The minimum absolute atomic E-state index is 0.132. The minimum Gasteiger partial charge on any atom is -0.334 e. The molecule has 31 heavy (non-hydrogen) atoms. The summed E-state index contributed by atoms with van der Waals surface area (Å²) >= 11 is 2.59. The van der Waals surface area contributed by atoms with Crippen molar-refractivity contribution in [2.75, 3.05) is 16.9 Å². The van der Waals surface area contributed by atoms with E-state index in [2.05, 4.69) is 44.7 Å². The molecule has 0 unspecified atom stereocenters. The van der Waals surface area contributed by atoms with Crippen LogP contribution in [0.15, 0.2) is 40.9 Å². The summed E-state index contributed by atoms with van der Waals surface area (Å²) in [5.41, 5.74) is 4.90. The molecule has 1 amide bonds. The lowest BCUT2D eigenvalue weighted by molar-refractivity contribution is -0.113. The Balaban J connectivity index is 1.37. The molecule has 1 aromatic carbocycles. The zero-order valence-electron chi connectivity index (χ0n) is 17.4. The number of hydrogen-bond donors (Lipinski definition) is 2. The highest BCUT2D eigenvalue weighted by molar-refractivity contribution is 7.99. The smallest absolute Gasteiger partial charge is 0.271 e. The van der Waals surface area contributed by atoms with Gasteiger partial charge in [0.05, 0.1) is 17.1 Å². The maximum Gasteiger partial charge on any atom is 0.271 e. The second-order valence-corrected chi connectivity index (χ2v) is 8.72. The van der Waals surface area contributed by atoms with Gasteiger partial charge in [-0.25, -0.2) is 14.3 Å². The average molecular weight is 455 g/mol. The fourth-order valence-corrected chi connectivity index (χ4v) is 4.39. The number of aromatic nitrogens is 6. The SMILES string of the molecule is CCc1ccc(-c2csc(NC(=O)CSc3nnc(-n4nc(C)cc4C)n3N)n2)cc1. The van der Waals surface area contributed by atoms with Crippen LogP contribution in [-0.4, -0.2) is 41.3 Å². The van der Waals surface area contributed by atoms with Gasteiger partial charge in [0.1, 0.15) is 0 Å². The van der Waals surface area contributed by atoms with Crippen molar-refractivity contribution in [1.29, 1.82) is 0 Å². The third-order valence-electron chi connectivity index (χ3n) is 4.59. The van der Waals surface area contributed by atoms with Gasteiger partial charge in [0, 0.05) is 16.6 Å². The van der Waals surface area contributed by atoms with Crippen molar-refractivity contribution in [1.82, 2.24) is 29.6 Å². The van der Waals surface area contributed by atoms with Crippen molar-refractivity contribution in [3.8, 4) is 17.2 Å². The number of anilines is 1. The zero-order valence-corrected chi connectivity index (χ0v) is 19.0. The topological polar surface area (TPSA) is 117 Å². The van der Waals surface area contributed by atoms with E-state index in [4.69, 9.17) is 5.84 Å². The van der Waals surface area contributed by atoms with Crippen LogP contribution in [0.4, 0.5) is 5.13 Å². The van der Waals surface area contributed by atoms with Crippen LogP contribution in [0, 0.1) is 13.8 Å². The van der Waals surface area contributed by atoms with Crippen LogP contribution < -0.4 is 11.2 Å². The van der Waals surface area contributed by atoms with Gasteiger partial charge in [-0.3, -0.25) is 4.79 Å². The highest BCUT2D eigenvalue weighted by Gasteiger charge is 2.16. The summed E-state index contributed by atoms with van der Waals surface area (Å²) in [5, 5.41) is 18.3. The second kappa shape index (κ2) is 8.90. The van der Waals surface area contributed by atoms with Crippen molar-refractivity contribution in [2.45, 2.75) is 32.3 Å². The third-order valence-corrected chi connectivity index (χ3v) is 6.29. The number of thiazole rings is 1. The molecule has 11 heteroatoms. The molecular weight excluding hydrogens is 432 g/mol. The Kier molecular flexibility index (Phi) is 6.05. The minimum atomic E-state index is -0.192. The molecule has 0 saturated carbocycles. The van der Waals surface area contributed by atoms with E-state index in [9.17, 15) is 4.79 Å². The van der Waals surface area contributed by atoms with Crippen LogP contribution in [0.3, 0.4) is 0 Å². The van der Waals surface area contributed by atoms with Crippen molar-refractivity contribution < 1.29 is 4.79 Å². The van der Waals surface area contributed by atoms with Crippen molar-refractivity contribution in [2.24, 2.45) is 0 Å². The van der Waals surface area contributed by atoms with Crippen LogP contribution >= 0.6 is 23.1 Å². The largest absolute Gasteiger partial charge is 0.334 e. The molecule has 3 aromatic heterocycles. The summed E-state index contributed by atoms with van der Waals surface area (Å²) in [5.74, 6) is 6.44. The van der Waals surface area contributed by atoms with Crippen LogP contribution in [-0.2, 0) is 11.2 Å². The third kappa shape index (κ3) is 4.62. The van der Waals surface area contributed by atoms with E-state index in [0.717, 1.165) is 29.1 Å². The molecule has 160 valence electrons. The molecular formula is C20H22N8OS2. The summed E-state index contributed by atoms with van der Waals surface area (Å²) in [6.45, 7) is 5.93. The number of carbonyl (C=O) groups excluding carboxylic acids is 1. The van der Waals surface area contributed by atoms with Crippen LogP contribution in [0.1, 0.15) is 23.9 Å². The number of hydrogen-bond acceptors (Lipinski definition) is 8. The van der Waals surface area contributed by atoms with Crippen LogP contribution in [0.5, 0.6) is 0 Å². The lowest BCUT2D eigenvalue weighted by atomic mass is 10.1. The number of thioether (sulfide) groups is 1. The molecule has 0 fully saturated rings. The molecule has 3 heterocycles. The molecule has 0 aliphatic carbocycles. The number of carbonyl (C=O) groups is 1. The first-order valence-electron chi connectivity index (χ1n) is 9.66. The number of aryl methyl sites for hydroxylation is 3. The predicted octanol–water partition coefficient (Wildman–Crippen LogP) is 3.21. The van der Waals surface area contributed by atoms with E-state index in [0.29, 0.717) is 16.2 Å². The molecule has 4 rings (SSSR count). The Morgan fingerprint density at radius 3 is 2.68 bits per heavy atom. The summed E-state index contributed by atoms with van der Waals surface area (Å²) in [6, 6.07) is 10.2. The lowest BCUT2D eigenvalue weighted by Crippen LogP contribution is -2.18. The molecule has 0 saturated heterocycles. The highest BCUT2D eigenvalue weighted by atomic mass is 32.2. The van der Waals surface area contributed by atoms with Gasteiger partial charge in [-0.05, 0) is 31.9 Å². The van der Waals surface area contributed by atoms with Gasteiger partial charge >= 0.3 is 0 Å². The van der Waals surface area contributed by atoms with E-state index < -0.39 is 0 Å². The maximum atomic E-state index is 12.4. The van der Waals surface area contributed by atoms with E-state index in [1.807, 2.05) is 37.4 Å². The van der Waals surface area contributed by atoms with E-state index >= 15 is 0 Å². The van der Waals surface area contributed by atoms with Gasteiger partial charge in [0.25, 0.3) is 5.95 Å². The van der Waals surface area contributed by atoms with Gasteiger partial charge < -0.3 is 11.2 Å². The Morgan fingerprint density at radius 2 is 2.00 bits per heavy atom. The number of benzene rings is 1. The lowest BCUT2D eigenvalue weighted by Gasteiger charge is -2.05. The van der Waals surface area contributed by atoms with E-state index in [-0.39, 0.29) is 11.7 Å². The molecule has 0 spiro atoms. The number of amides is 1. The number of nitrogens with zero attached hydrogens (tertiary/aromatic N) is 6.